The van der Waals surface area contributed by atoms with Crippen molar-refractivity contribution in [2.24, 2.45) is 0 Å². The van der Waals surface area contributed by atoms with E-state index in [1.165, 1.54) is 4.90 Å². The number of pyridine rings is 1. The first-order chi connectivity index (χ1) is 6.68. The molecule has 0 radical (unpaired) electrons. The lowest BCUT2D eigenvalue weighted by Crippen LogP contribution is -2.25. The minimum atomic E-state index is -0.213. The van der Waals surface area contributed by atoms with E-state index in [-0.39, 0.29) is 30.5 Å². The third-order valence-electron chi connectivity index (χ3n) is 2.09. The van der Waals surface area contributed by atoms with Crippen LogP contribution in [0.2, 0.25) is 0 Å². The number of aromatic nitrogens is 1. The Bertz CT molecular complexity index is 403. The van der Waals surface area contributed by atoms with Crippen molar-refractivity contribution in [2.75, 3.05) is 17.2 Å². The van der Waals surface area contributed by atoms with E-state index in [9.17, 15) is 9.59 Å². The second-order valence-electron chi connectivity index (χ2n) is 3.10. The Morgan fingerprint density at radius 3 is 2.79 bits per heavy atom. The van der Waals surface area contributed by atoms with Crippen LogP contribution in [0.4, 0.5) is 11.5 Å². The molecule has 1 amide bonds. The number of rotatable bonds is 1. The summed E-state index contributed by atoms with van der Waals surface area (Å²) in [6.07, 6.45) is 1.51. The SMILES string of the molecule is Nc1ncccc1N1CC(=O)CC1=O. The van der Waals surface area contributed by atoms with Crippen LogP contribution in [0.25, 0.3) is 0 Å². The number of nitrogen functional groups attached to an aromatic ring is 1. The number of amides is 1. The predicted molar refractivity (Wildman–Crippen MR) is 50.6 cm³/mol. The van der Waals surface area contributed by atoms with Crippen molar-refractivity contribution in [3.05, 3.63) is 18.3 Å². The predicted octanol–water partition coefficient (Wildman–Crippen LogP) is -0.0304. The summed E-state index contributed by atoms with van der Waals surface area (Å²) in [5, 5.41) is 0. The van der Waals surface area contributed by atoms with Crippen molar-refractivity contribution >= 4 is 23.2 Å². The topological polar surface area (TPSA) is 76.3 Å². The molecule has 1 aromatic rings. The lowest BCUT2D eigenvalue weighted by atomic mass is 10.3. The summed E-state index contributed by atoms with van der Waals surface area (Å²) in [7, 11) is 0. The molecule has 1 fully saturated rings. The fourth-order valence-corrected chi connectivity index (χ4v) is 1.44. The number of Topliss-reactive ketones (excluding diaryl/α,β-unsaturated/α-hetero) is 1. The monoisotopic (exact) mass is 191 g/mol. The Labute approximate surface area is 80.5 Å². The van der Waals surface area contributed by atoms with Gasteiger partial charge in [0.25, 0.3) is 0 Å². The molecule has 2 N–H and O–H groups in total. The average Bonchev–Trinajstić information content (AvgIpc) is 2.46. The van der Waals surface area contributed by atoms with Gasteiger partial charge in [-0.3, -0.25) is 9.59 Å². The van der Waals surface area contributed by atoms with E-state index in [4.69, 9.17) is 5.73 Å². The van der Waals surface area contributed by atoms with E-state index in [0.717, 1.165) is 0 Å². The molecule has 2 rings (SSSR count). The zero-order chi connectivity index (χ0) is 10.1. The highest BCUT2D eigenvalue weighted by Gasteiger charge is 2.29. The number of nitrogens with zero attached hydrogens (tertiary/aromatic N) is 2. The molecule has 5 heteroatoms. The van der Waals surface area contributed by atoms with Crippen LogP contribution in [0.3, 0.4) is 0 Å². The summed E-state index contributed by atoms with van der Waals surface area (Å²) >= 11 is 0. The molecular formula is C9H9N3O2. The third kappa shape index (κ3) is 1.32. The summed E-state index contributed by atoms with van der Waals surface area (Å²) in [5.41, 5.74) is 6.11. The minimum absolute atomic E-state index is 0.0334. The van der Waals surface area contributed by atoms with Crippen LogP contribution in [0.5, 0.6) is 0 Å². The molecule has 0 aliphatic carbocycles. The maximum Gasteiger partial charge on any atom is 0.235 e. The van der Waals surface area contributed by atoms with Crippen molar-refractivity contribution in [1.82, 2.24) is 4.98 Å². The van der Waals surface area contributed by atoms with E-state index in [2.05, 4.69) is 4.98 Å². The first-order valence-corrected chi connectivity index (χ1v) is 4.21. The molecule has 1 aliphatic rings. The molecule has 14 heavy (non-hydrogen) atoms. The number of carbonyl (C=O) groups is 2. The summed E-state index contributed by atoms with van der Waals surface area (Å²) < 4.78 is 0. The number of carbonyl (C=O) groups excluding carboxylic acids is 2. The van der Waals surface area contributed by atoms with E-state index in [1.54, 1.807) is 18.3 Å². The maximum absolute atomic E-state index is 11.4. The van der Waals surface area contributed by atoms with Crippen LogP contribution in [-0.2, 0) is 9.59 Å². The fourth-order valence-electron chi connectivity index (χ4n) is 1.44. The summed E-state index contributed by atoms with van der Waals surface area (Å²) in [5.74, 6) is -0.0245. The van der Waals surface area contributed by atoms with Crippen molar-refractivity contribution in [3.8, 4) is 0 Å². The van der Waals surface area contributed by atoms with Gasteiger partial charge in [0.05, 0.1) is 18.7 Å². The van der Waals surface area contributed by atoms with Crippen LogP contribution in [0, 0.1) is 0 Å². The first kappa shape index (κ1) is 8.68. The van der Waals surface area contributed by atoms with Crippen LogP contribution in [0.1, 0.15) is 6.42 Å². The van der Waals surface area contributed by atoms with Gasteiger partial charge in [0.1, 0.15) is 5.82 Å². The van der Waals surface area contributed by atoms with Crippen LogP contribution < -0.4 is 10.6 Å². The van der Waals surface area contributed by atoms with Crippen LogP contribution >= 0.6 is 0 Å². The lowest BCUT2D eigenvalue weighted by molar-refractivity contribution is -0.121. The van der Waals surface area contributed by atoms with Gasteiger partial charge in [-0.2, -0.15) is 0 Å². The van der Waals surface area contributed by atoms with Gasteiger partial charge < -0.3 is 10.6 Å². The molecular weight excluding hydrogens is 182 g/mol. The Morgan fingerprint density at radius 1 is 1.43 bits per heavy atom. The van der Waals surface area contributed by atoms with Gasteiger partial charge in [-0.1, -0.05) is 0 Å². The van der Waals surface area contributed by atoms with Crippen LogP contribution in [0.15, 0.2) is 18.3 Å². The molecule has 1 saturated heterocycles. The molecule has 5 nitrogen and oxygen atoms in total. The highest BCUT2D eigenvalue weighted by atomic mass is 16.2. The minimum Gasteiger partial charge on any atom is -0.382 e. The van der Waals surface area contributed by atoms with Gasteiger partial charge in [-0.15, -0.1) is 0 Å². The third-order valence-corrected chi connectivity index (χ3v) is 2.09. The molecule has 0 spiro atoms. The molecule has 2 heterocycles. The van der Waals surface area contributed by atoms with Crippen molar-refractivity contribution in [1.29, 1.82) is 0 Å². The standard InChI is InChI=1S/C9H9N3O2/c10-9-7(2-1-3-11-9)12-5-6(13)4-8(12)14/h1-3H,4-5H2,(H2,10,11). The molecule has 1 aliphatic heterocycles. The van der Waals surface area contributed by atoms with E-state index >= 15 is 0 Å². The summed E-state index contributed by atoms with van der Waals surface area (Å²) in [6.45, 7) is 0.106. The molecule has 0 saturated carbocycles. The Balaban J connectivity index is 2.36. The smallest absolute Gasteiger partial charge is 0.235 e. The summed E-state index contributed by atoms with van der Waals surface area (Å²) in [4.78, 5) is 27.6. The van der Waals surface area contributed by atoms with Gasteiger partial charge in [0.2, 0.25) is 5.91 Å². The zero-order valence-corrected chi connectivity index (χ0v) is 7.43. The van der Waals surface area contributed by atoms with Gasteiger partial charge in [-0.25, -0.2) is 4.98 Å². The first-order valence-electron chi connectivity index (χ1n) is 4.21. The Hall–Kier alpha value is -1.91. The average molecular weight is 191 g/mol. The van der Waals surface area contributed by atoms with Crippen molar-refractivity contribution in [3.63, 3.8) is 0 Å². The van der Waals surface area contributed by atoms with E-state index in [1.807, 2.05) is 0 Å². The molecule has 0 bridgehead atoms. The van der Waals surface area contributed by atoms with Crippen molar-refractivity contribution in [2.45, 2.75) is 6.42 Å². The highest BCUT2D eigenvalue weighted by Crippen LogP contribution is 2.23. The fraction of sp³-hybridized carbons (Fsp3) is 0.222. The lowest BCUT2D eigenvalue weighted by Gasteiger charge is -2.15. The maximum atomic E-state index is 11.4. The second-order valence-corrected chi connectivity index (χ2v) is 3.10. The van der Waals surface area contributed by atoms with Crippen LogP contribution in [-0.4, -0.2) is 23.2 Å². The largest absolute Gasteiger partial charge is 0.382 e. The van der Waals surface area contributed by atoms with Gasteiger partial charge in [0.15, 0.2) is 5.78 Å². The number of nitrogens with two attached hydrogens (primary N) is 1. The molecule has 0 atom stereocenters. The number of ketones is 1. The normalized spacial score (nSPS) is 16.4. The number of hydrogen-bond acceptors (Lipinski definition) is 4. The van der Waals surface area contributed by atoms with Crippen molar-refractivity contribution < 1.29 is 9.59 Å². The van der Waals surface area contributed by atoms with Gasteiger partial charge >= 0.3 is 0 Å². The molecule has 72 valence electrons. The Morgan fingerprint density at radius 2 is 2.21 bits per heavy atom. The molecule has 0 aromatic carbocycles. The summed E-state index contributed by atoms with van der Waals surface area (Å²) in [6, 6.07) is 3.36. The Kier molecular flexibility index (Phi) is 1.92. The highest BCUT2D eigenvalue weighted by molar-refractivity contribution is 6.15. The van der Waals surface area contributed by atoms with E-state index < -0.39 is 0 Å². The second kappa shape index (κ2) is 3.10. The van der Waals surface area contributed by atoms with E-state index in [0.29, 0.717) is 5.69 Å². The molecule has 1 aromatic heterocycles. The number of hydrogen-bond donors (Lipinski definition) is 1. The van der Waals surface area contributed by atoms with Gasteiger partial charge in [0, 0.05) is 6.20 Å². The number of anilines is 2. The van der Waals surface area contributed by atoms with Gasteiger partial charge in [-0.05, 0) is 12.1 Å². The molecule has 0 unspecified atom stereocenters. The zero-order valence-electron chi connectivity index (χ0n) is 7.43. The quantitative estimate of drug-likeness (QED) is 0.632.